The van der Waals surface area contributed by atoms with Crippen LogP contribution in [0.2, 0.25) is 0 Å². The molecular weight excluding hydrogens is 332 g/mol. The second-order valence-electron chi connectivity index (χ2n) is 6.64. The average Bonchev–Trinajstić information content (AvgIpc) is 2.69. The number of aryl methyl sites for hydroxylation is 1. The summed E-state index contributed by atoms with van der Waals surface area (Å²) in [4.78, 5) is 24.7. The lowest BCUT2D eigenvalue weighted by molar-refractivity contribution is 0.0487. The number of nitrogens with one attached hydrogen (secondary N) is 1. The van der Waals surface area contributed by atoms with Crippen LogP contribution < -0.4 is 15.6 Å². The number of amides is 1. The zero-order valence-electron chi connectivity index (χ0n) is 15.2. The first kappa shape index (κ1) is 18.2. The van der Waals surface area contributed by atoms with E-state index in [1.165, 1.54) is 4.57 Å². The summed E-state index contributed by atoms with van der Waals surface area (Å²) in [6, 6.07) is 11.2. The fourth-order valence-electron chi connectivity index (χ4n) is 3.39. The van der Waals surface area contributed by atoms with Crippen LogP contribution in [0.1, 0.15) is 28.8 Å². The van der Waals surface area contributed by atoms with Crippen LogP contribution in [0.25, 0.3) is 0 Å². The molecule has 1 aromatic heterocycles. The molecule has 6 heteroatoms. The third-order valence-electron chi connectivity index (χ3n) is 5.11. The number of benzene rings is 1. The minimum absolute atomic E-state index is 0.159. The molecule has 0 radical (unpaired) electrons. The van der Waals surface area contributed by atoms with Gasteiger partial charge >= 0.3 is 0 Å². The van der Waals surface area contributed by atoms with Crippen LogP contribution in [0, 0.1) is 0 Å². The highest BCUT2D eigenvalue weighted by molar-refractivity contribution is 5.93. The van der Waals surface area contributed by atoms with Crippen molar-refractivity contribution < 1.29 is 14.3 Å². The normalized spacial score (nSPS) is 16.1. The molecule has 0 bridgehead atoms. The van der Waals surface area contributed by atoms with E-state index in [-0.39, 0.29) is 22.4 Å². The molecule has 0 saturated carbocycles. The maximum absolute atomic E-state index is 12.6. The van der Waals surface area contributed by atoms with Crippen molar-refractivity contribution in [3.05, 3.63) is 64.1 Å². The zero-order valence-corrected chi connectivity index (χ0v) is 15.2. The van der Waals surface area contributed by atoms with Gasteiger partial charge in [-0.3, -0.25) is 9.59 Å². The first-order chi connectivity index (χ1) is 12.6. The minimum atomic E-state index is -0.342. The molecule has 3 rings (SSSR count). The Balaban J connectivity index is 1.81. The van der Waals surface area contributed by atoms with Crippen molar-refractivity contribution in [2.24, 2.45) is 7.05 Å². The van der Waals surface area contributed by atoms with Gasteiger partial charge in [0, 0.05) is 38.4 Å². The second kappa shape index (κ2) is 7.74. The van der Waals surface area contributed by atoms with Crippen molar-refractivity contribution in [1.29, 1.82) is 0 Å². The van der Waals surface area contributed by atoms with Crippen LogP contribution in [0.4, 0.5) is 0 Å². The number of ether oxygens (including phenoxy) is 2. The van der Waals surface area contributed by atoms with Gasteiger partial charge in [0.2, 0.25) is 0 Å². The van der Waals surface area contributed by atoms with Gasteiger partial charge in [-0.1, -0.05) is 12.1 Å². The number of methoxy groups -OCH3 is 1. The number of hydrogen-bond acceptors (Lipinski definition) is 4. The number of carbonyl (C=O) groups excluding carboxylic acids is 1. The molecule has 1 amide bonds. The second-order valence-corrected chi connectivity index (χ2v) is 6.64. The smallest absolute Gasteiger partial charge is 0.263 e. The molecule has 6 nitrogen and oxygen atoms in total. The Labute approximate surface area is 152 Å². The molecule has 2 aromatic rings. The SMILES string of the molecule is COc1ccc(C2(CNC(=O)c3cccn(C)c3=O)CCOCC2)cc1. The lowest BCUT2D eigenvalue weighted by Crippen LogP contribution is -2.45. The summed E-state index contributed by atoms with van der Waals surface area (Å²) in [5.41, 5.74) is 0.797. The Hall–Kier alpha value is -2.60. The summed E-state index contributed by atoms with van der Waals surface area (Å²) >= 11 is 0. The lowest BCUT2D eigenvalue weighted by Gasteiger charge is -2.38. The first-order valence-corrected chi connectivity index (χ1v) is 8.72. The fourth-order valence-corrected chi connectivity index (χ4v) is 3.39. The van der Waals surface area contributed by atoms with Crippen molar-refractivity contribution in [2.45, 2.75) is 18.3 Å². The van der Waals surface area contributed by atoms with Crippen molar-refractivity contribution in [3.8, 4) is 5.75 Å². The van der Waals surface area contributed by atoms with Crippen LogP contribution in [-0.4, -0.2) is 37.3 Å². The van der Waals surface area contributed by atoms with Crippen molar-refractivity contribution >= 4 is 5.91 Å². The molecular formula is C20H24N2O4. The van der Waals surface area contributed by atoms with E-state index >= 15 is 0 Å². The van der Waals surface area contributed by atoms with Crippen LogP contribution in [-0.2, 0) is 17.2 Å². The largest absolute Gasteiger partial charge is 0.497 e. The molecule has 0 spiro atoms. The number of hydrogen-bond donors (Lipinski definition) is 1. The molecule has 1 fully saturated rings. The summed E-state index contributed by atoms with van der Waals surface area (Å²) in [7, 11) is 3.27. The summed E-state index contributed by atoms with van der Waals surface area (Å²) in [5, 5.41) is 2.97. The summed E-state index contributed by atoms with van der Waals surface area (Å²) < 4.78 is 12.2. The predicted octanol–water partition coefficient (Wildman–Crippen LogP) is 1.87. The predicted molar refractivity (Wildman–Crippen MR) is 98.7 cm³/mol. The van der Waals surface area contributed by atoms with Crippen LogP contribution in [0.5, 0.6) is 5.75 Å². The number of nitrogens with zero attached hydrogens (tertiary/aromatic N) is 1. The molecule has 1 saturated heterocycles. The fraction of sp³-hybridized carbons (Fsp3) is 0.400. The monoisotopic (exact) mass is 356 g/mol. The Kier molecular flexibility index (Phi) is 5.42. The Bertz CT molecular complexity index is 820. The maximum atomic E-state index is 12.6. The summed E-state index contributed by atoms with van der Waals surface area (Å²) in [6.07, 6.45) is 3.26. The van der Waals surface area contributed by atoms with E-state index in [1.54, 1.807) is 32.5 Å². The lowest BCUT2D eigenvalue weighted by atomic mass is 9.74. The van der Waals surface area contributed by atoms with E-state index in [9.17, 15) is 9.59 Å². The van der Waals surface area contributed by atoms with E-state index in [4.69, 9.17) is 9.47 Å². The molecule has 0 atom stereocenters. The third-order valence-corrected chi connectivity index (χ3v) is 5.11. The Morgan fingerprint density at radius 1 is 1.23 bits per heavy atom. The zero-order chi connectivity index (χ0) is 18.6. The standard InChI is InChI=1S/C20H24N2O4/c1-22-11-3-4-17(19(22)24)18(23)21-14-20(9-12-26-13-10-20)15-5-7-16(25-2)8-6-15/h3-8,11H,9-10,12-14H2,1-2H3,(H,21,23). The van der Waals surface area contributed by atoms with Crippen molar-refractivity contribution in [3.63, 3.8) is 0 Å². The van der Waals surface area contributed by atoms with E-state index in [0.29, 0.717) is 19.8 Å². The first-order valence-electron chi connectivity index (χ1n) is 8.72. The highest BCUT2D eigenvalue weighted by atomic mass is 16.5. The van der Waals surface area contributed by atoms with Gasteiger partial charge in [-0.05, 0) is 42.7 Å². The molecule has 1 aromatic carbocycles. The maximum Gasteiger partial charge on any atom is 0.263 e. The van der Waals surface area contributed by atoms with Crippen LogP contribution >= 0.6 is 0 Å². The van der Waals surface area contributed by atoms with Gasteiger partial charge in [-0.2, -0.15) is 0 Å². The number of carbonyl (C=O) groups is 1. The number of pyridine rings is 1. The molecule has 138 valence electrons. The quantitative estimate of drug-likeness (QED) is 0.888. The van der Waals surface area contributed by atoms with Gasteiger partial charge in [0.15, 0.2) is 0 Å². The van der Waals surface area contributed by atoms with Crippen molar-refractivity contribution in [2.75, 3.05) is 26.9 Å². The third kappa shape index (κ3) is 3.65. The molecule has 1 aliphatic heterocycles. The number of rotatable bonds is 5. The molecule has 0 aliphatic carbocycles. The Morgan fingerprint density at radius 2 is 1.92 bits per heavy atom. The molecule has 26 heavy (non-hydrogen) atoms. The topological polar surface area (TPSA) is 69.6 Å². The van der Waals surface area contributed by atoms with Crippen LogP contribution in [0.15, 0.2) is 47.4 Å². The summed E-state index contributed by atoms with van der Waals surface area (Å²) in [6.45, 7) is 1.75. The molecule has 1 N–H and O–H groups in total. The van der Waals surface area contributed by atoms with Gasteiger partial charge < -0.3 is 19.4 Å². The number of aromatic nitrogens is 1. The average molecular weight is 356 g/mol. The molecule has 1 aliphatic rings. The molecule has 0 unspecified atom stereocenters. The van der Waals surface area contributed by atoms with Crippen molar-refractivity contribution in [1.82, 2.24) is 9.88 Å². The minimum Gasteiger partial charge on any atom is -0.497 e. The highest BCUT2D eigenvalue weighted by Crippen LogP contribution is 2.35. The van der Waals surface area contributed by atoms with Gasteiger partial charge in [-0.15, -0.1) is 0 Å². The van der Waals surface area contributed by atoms with Gasteiger partial charge in [0.1, 0.15) is 11.3 Å². The van der Waals surface area contributed by atoms with E-state index in [0.717, 1.165) is 24.2 Å². The van der Waals surface area contributed by atoms with Gasteiger partial charge in [0.05, 0.1) is 7.11 Å². The van der Waals surface area contributed by atoms with E-state index < -0.39 is 0 Å². The van der Waals surface area contributed by atoms with E-state index in [1.807, 2.05) is 24.3 Å². The molecule has 2 heterocycles. The van der Waals surface area contributed by atoms with Gasteiger partial charge in [0.25, 0.3) is 11.5 Å². The Morgan fingerprint density at radius 3 is 2.58 bits per heavy atom. The van der Waals surface area contributed by atoms with E-state index in [2.05, 4.69) is 5.32 Å². The van der Waals surface area contributed by atoms with Gasteiger partial charge in [-0.25, -0.2) is 0 Å². The highest BCUT2D eigenvalue weighted by Gasteiger charge is 2.35. The summed E-state index contributed by atoms with van der Waals surface area (Å²) in [5.74, 6) is 0.457. The van der Waals surface area contributed by atoms with Crippen LogP contribution in [0.3, 0.4) is 0 Å².